The van der Waals surface area contributed by atoms with Gasteiger partial charge in [-0.2, -0.15) is 0 Å². The molecule has 0 unspecified atom stereocenters. The first-order valence-corrected chi connectivity index (χ1v) is 9.06. The minimum absolute atomic E-state index is 0.0626. The number of ether oxygens (including phenoxy) is 2. The van der Waals surface area contributed by atoms with Gasteiger partial charge in [-0.25, -0.2) is 0 Å². The normalized spacial score (nSPS) is 10.5. The predicted molar refractivity (Wildman–Crippen MR) is 105 cm³/mol. The lowest BCUT2D eigenvalue weighted by molar-refractivity contribution is -0.119. The first kappa shape index (κ1) is 19.6. The Labute approximate surface area is 155 Å². The molecule has 26 heavy (non-hydrogen) atoms. The average molecular weight is 356 g/mol. The molecule has 2 N–H and O–H groups in total. The van der Waals surface area contributed by atoms with Crippen LogP contribution < -0.4 is 20.1 Å². The zero-order chi connectivity index (χ0) is 18.8. The highest BCUT2D eigenvalue weighted by molar-refractivity contribution is 5.80. The van der Waals surface area contributed by atoms with Crippen LogP contribution in [0.1, 0.15) is 32.8 Å². The summed E-state index contributed by atoms with van der Waals surface area (Å²) >= 11 is 0. The van der Waals surface area contributed by atoms with Gasteiger partial charge in [0.15, 0.2) is 0 Å². The summed E-state index contributed by atoms with van der Waals surface area (Å²) in [6.07, 6.45) is 1.11. The van der Waals surface area contributed by atoms with Crippen LogP contribution in [0.3, 0.4) is 0 Å². The maximum absolute atomic E-state index is 12.0. The third-order valence-corrected chi connectivity index (χ3v) is 3.54. The number of hydrogen-bond donors (Lipinski definition) is 2. The van der Waals surface area contributed by atoms with Gasteiger partial charge in [0.1, 0.15) is 11.5 Å². The topological polar surface area (TPSA) is 59.6 Å². The fraction of sp³-hybridized carbons (Fsp3) is 0.381. The van der Waals surface area contributed by atoms with E-state index in [2.05, 4.69) is 17.6 Å². The average Bonchev–Trinajstić information content (AvgIpc) is 2.64. The SMILES string of the molecule is CCCOc1cccc(NCC(=O)NCc2ccc(OC(C)C)cc2)c1. The Kier molecular flexibility index (Phi) is 7.80. The highest BCUT2D eigenvalue weighted by Crippen LogP contribution is 2.17. The van der Waals surface area contributed by atoms with Crippen molar-refractivity contribution in [2.45, 2.75) is 39.8 Å². The van der Waals surface area contributed by atoms with Gasteiger partial charge in [-0.1, -0.05) is 25.1 Å². The third kappa shape index (κ3) is 7.05. The molecule has 2 aromatic rings. The summed E-state index contributed by atoms with van der Waals surface area (Å²) in [6.45, 7) is 7.44. The minimum atomic E-state index is -0.0626. The minimum Gasteiger partial charge on any atom is -0.494 e. The van der Waals surface area contributed by atoms with E-state index in [4.69, 9.17) is 9.47 Å². The zero-order valence-corrected chi connectivity index (χ0v) is 15.7. The fourth-order valence-corrected chi connectivity index (χ4v) is 2.32. The molecule has 0 aliphatic rings. The molecule has 0 aliphatic carbocycles. The van der Waals surface area contributed by atoms with Crippen molar-refractivity contribution in [1.29, 1.82) is 0 Å². The summed E-state index contributed by atoms with van der Waals surface area (Å²) in [6, 6.07) is 15.4. The van der Waals surface area contributed by atoms with Crippen molar-refractivity contribution < 1.29 is 14.3 Å². The van der Waals surface area contributed by atoms with E-state index in [9.17, 15) is 4.79 Å². The van der Waals surface area contributed by atoms with Gasteiger partial charge < -0.3 is 20.1 Å². The molecule has 0 spiro atoms. The number of hydrogen-bond acceptors (Lipinski definition) is 4. The molecule has 0 saturated carbocycles. The smallest absolute Gasteiger partial charge is 0.239 e. The molecule has 0 fully saturated rings. The molecule has 0 bridgehead atoms. The second-order valence-electron chi connectivity index (χ2n) is 6.32. The van der Waals surface area contributed by atoms with Crippen LogP contribution in [0.25, 0.3) is 0 Å². The van der Waals surface area contributed by atoms with Crippen molar-refractivity contribution in [1.82, 2.24) is 5.32 Å². The molecular weight excluding hydrogens is 328 g/mol. The molecule has 5 nitrogen and oxygen atoms in total. The molecule has 5 heteroatoms. The predicted octanol–water partition coefficient (Wildman–Crippen LogP) is 3.99. The monoisotopic (exact) mass is 356 g/mol. The molecule has 2 aromatic carbocycles. The molecule has 0 heterocycles. The van der Waals surface area contributed by atoms with Crippen molar-refractivity contribution in [3.05, 3.63) is 54.1 Å². The standard InChI is InChI=1S/C21H28N2O3/c1-4-12-25-20-7-5-6-18(13-20)22-15-21(24)23-14-17-8-10-19(11-9-17)26-16(2)3/h5-11,13,16,22H,4,12,14-15H2,1-3H3,(H,23,24). The van der Waals surface area contributed by atoms with Gasteiger partial charge >= 0.3 is 0 Å². The molecule has 0 aromatic heterocycles. The maximum atomic E-state index is 12.0. The van der Waals surface area contributed by atoms with Crippen LogP contribution in [0.5, 0.6) is 11.5 Å². The van der Waals surface area contributed by atoms with Crippen LogP contribution in [0.4, 0.5) is 5.69 Å². The second kappa shape index (κ2) is 10.3. The highest BCUT2D eigenvalue weighted by atomic mass is 16.5. The van der Waals surface area contributed by atoms with Crippen molar-refractivity contribution in [3.8, 4) is 11.5 Å². The molecule has 140 valence electrons. The van der Waals surface area contributed by atoms with Crippen LogP contribution in [0, 0.1) is 0 Å². The van der Waals surface area contributed by atoms with Gasteiger partial charge in [0, 0.05) is 18.3 Å². The van der Waals surface area contributed by atoms with Crippen LogP contribution >= 0.6 is 0 Å². The molecule has 1 amide bonds. The molecule has 0 atom stereocenters. The number of carbonyl (C=O) groups excluding carboxylic acids is 1. The third-order valence-electron chi connectivity index (χ3n) is 3.54. The van der Waals surface area contributed by atoms with Gasteiger partial charge in [0.05, 0.1) is 19.3 Å². The summed E-state index contributed by atoms with van der Waals surface area (Å²) < 4.78 is 11.2. The number of nitrogens with one attached hydrogen (secondary N) is 2. The van der Waals surface area contributed by atoms with Crippen LogP contribution in [0.2, 0.25) is 0 Å². The summed E-state index contributed by atoms with van der Waals surface area (Å²) in [4.78, 5) is 12.0. The van der Waals surface area contributed by atoms with Crippen molar-refractivity contribution in [2.75, 3.05) is 18.5 Å². The Bertz CT molecular complexity index is 684. The lowest BCUT2D eigenvalue weighted by atomic mass is 10.2. The van der Waals surface area contributed by atoms with Crippen LogP contribution in [-0.4, -0.2) is 25.2 Å². The van der Waals surface area contributed by atoms with Crippen LogP contribution in [-0.2, 0) is 11.3 Å². The molecule has 0 aliphatic heterocycles. The van der Waals surface area contributed by atoms with Gasteiger partial charge in [0.25, 0.3) is 0 Å². The van der Waals surface area contributed by atoms with E-state index in [1.165, 1.54) is 0 Å². The van der Waals surface area contributed by atoms with Gasteiger partial charge in [-0.05, 0) is 50.1 Å². The molecule has 0 saturated heterocycles. The maximum Gasteiger partial charge on any atom is 0.239 e. The van der Waals surface area contributed by atoms with E-state index in [1.807, 2.05) is 62.4 Å². The van der Waals surface area contributed by atoms with E-state index in [-0.39, 0.29) is 18.6 Å². The van der Waals surface area contributed by atoms with Crippen molar-refractivity contribution >= 4 is 11.6 Å². The van der Waals surface area contributed by atoms with Gasteiger partial charge in [-0.15, -0.1) is 0 Å². The van der Waals surface area contributed by atoms with Gasteiger partial charge in [0.2, 0.25) is 5.91 Å². The Morgan fingerprint density at radius 2 is 1.85 bits per heavy atom. The Balaban J connectivity index is 1.75. The molecular formula is C21H28N2O3. The fourth-order valence-electron chi connectivity index (χ4n) is 2.32. The second-order valence-corrected chi connectivity index (χ2v) is 6.32. The van der Waals surface area contributed by atoms with Crippen molar-refractivity contribution in [3.63, 3.8) is 0 Å². The Morgan fingerprint density at radius 3 is 2.54 bits per heavy atom. The zero-order valence-electron chi connectivity index (χ0n) is 15.7. The van der Waals surface area contributed by atoms with Crippen LogP contribution in [0.15, 0.2) is 48.5 Å². The summed E-state index contributed by atoms with van der Waals surface area (Å²) in [5, 5.41) is 6.02. The summed E-state index contributed by atoms with van der Waals surface area (Å²) in [5.41, 5.74) is 1.90. The number of benzene rings is 2. The van der Waals surface area contributed by atoms with E-state index in [0.717, 1.165) is 29.2 Å². The summed E-state index contributed by atoms with van der Waals surface area (Å²) in [7, 11) is 0. The quantitative estimate of drug-likeness (QED) is 0.676. The Morgan fingerprint density at radius 1 is 1.08 bits per heavy atom. The largest absolute Gasteiger partial charge is 0.494 e. The number of anilines is 1. The van der Waals surface area contributed by atoms with E-state index in [1.54, 1.807) is 0 Å². The van der Waals surface area contributed by atoms with E-state index in [0.29, 0.717) is 13.2 Å². The highest BCUT2D eigenvalue weighted by Gasteiger charge is 2.03. The lowest BCUT2D eigenvalue weighted by Crippen LogP contribution is -2.29. The molecule has 2 rings (SSSR count). The first-order chi connectivity index (χ1) is 12.6. The lowest BCUT2D eigenvalue weighted by Gasteiger charge is -2.11. The number of carbonyl (C=O) groups is 1. The summed E-state index contributed by atoms with van der Waals surface area (Å²) in [5.74, 6) is 1.58. The molecule has 0 radical (unpaired) electrons. The van der Waals surface area contributed by atoms with Crippen molar-refractivity contribution in [2.24, 2.45) is 0 Å². The number of rotatable bonds is 10. The van der Waals surface area contributed by atoms with Gasteiger partial charge in [-0.3, -0.25) is 4.79 Å². The first-order valence-electron chi connectivity index (χ1n) is 9.06. The number of amides is 1. The Hall–Kier alpha value is -2.69. The van der Waals surface area contributed by atoms with E-state index < -0.39 is 0 Å². The van der Waals surface area contributed by atoms with E-state index >= 15 is 0 Å².